The summed E-state index contributed by atoms with van der Waals surface area (Å²) in [6.07, 6.45) is 1.91. The summed E-state index contributed by atoms with van der Waals surface area (Å²) >= 11 is 3.04. The normalized spacial score (nSPS) is 10.6. The van der Waals surface area contributed by atoms with Crippen molar-refractivity contribution in [1.29, 1.82) is 5.41 Å². The molecular formula is C21H22N2O2S2. The second-order valence-corrected chi connectivity index (χ2v) is 7.35. The standard InChI is InChI=1S/C21H22N2O2S2/c1-4-24-18-11-10-16(12-19(18)25-5-2)21-23-17(13-27-21)14-6-8-15(9-7-14)20(22)26-3/h6-13,22H,4-5H2,1-3H3. The summed E-state index contributed by atoms with van der Waals surface area (Å²) in [6.45, 7) is 5.11. The van der Waals surface area contributed by atoms with E-state index in [-0.39, 0.29) is 0 Å². The van der Waals surface area contributed by atoms with Gasteiger partial charge in [0, 0.05) is 22.1 Å². The summed E-state index contributed by atoms with van der Waals surface area (Å²) in [4.78, 5) is 4.79. The summed E-state index contributed by atoms with van der Waals surface area (Å²) in [5.41, 5.74) is 3.92. The zero-order valence-corrected chi connectivity index (χ0v) is 17.2. The molecule has 0 radical (unpaired) electrons. The van der Waals surface area contributed by atoms with E-state index < -0.39 is 0 Å². The Kier molecular flexibility index (Phi) is 6.53. The predicted octanol–water partition coefficient (Wildman–Crippen LogP) is 5.96. The summed E-state index contributed by atoms with van der Waals surface area (Å²) in [7, 11) is 0. The topological polar surface area (TPSA) is 55.2 Å². The Morgan fingerprint density at radius 3 is 2.33 bits per heavy atom. The molecule has 3 rings (SSSR count). The van der Waals surface area contributed by atoms with Crippen LogP contribution in [0.2, 0.25) is 0 Å². The first-order valence-corrected chi connectivity index (χ1v) is 10.9. The Hall–Kier alpha value is -2.31. The maximum Gasteiger partial charge on any atom is 0.161 e. The molecule has 0 atom stereocenters. The van der Waals surface area contributed by atoms with Gasteiger partial charge < -0.3 is 9.47 Å². The second kappa shape index (κ2) is 9.06. The molecule has 0 fully saturated rings. The number of thioether (sulfide) groups is 1. The number of rotatable bonds is 7. The van der Waals surface area contributed by atoms with E-state index in [1.807, 2.05) is 62.6 Å². The van der Waals surface area contributed by atoms with E-state index in [1.165, 1.54) is 11.8 Å². The summed E-state index contributed by atoms with van der Waals surface area (Å²) in [6, 6.07) is 13.9. The third kappa shape index (κ3) is 4.51. The van der Waals surface area contributed by atoms with Gasteiger partial charge in [-0.15, -0.1) is 23.1 Å². The molecule has 0 amide bonds. The van der Waals surface area contributed by atoms with Gasteiger partial charge in [0.15, 0.2) is 11.5 Å². The van der Waals surface area contributed by atoms with Crippen molar-refractivity contribution in [3.05, 3.63) is 53.4 Å². The van der Waals surface area contributed by atoms with Crippen LogP contribution in [0.4, 0.5) is 0 Å². The Morgan fingerprint density at radius 2 is 1.67 bits per heavy atom. The zero-order chi connectivity index (χ0) is 19.2. The number of ether oxygens (including phenoxy) is 2. The maximum atomic E-state index is 7.90. The van der Waals surface area contributed by atoms with Crippen LogP contribution in [0.25, 0.3) is 21.8 Å². The van der Waals surface area contributed by atoms with Crippen LogP contribution >= 0.6 is 23.1 Å². The maximum absolute atomic E-state index is 7.90. The van der Waals surface area contributed by atoms with Crippen LogP contribution in [0.5, 0.6) is 11.5 Å². The molecule has 0 saturated heterocycles. The van der Waals surface area contributed by atoms with Gasteiger partial charge in [-0.3, -0.25) is 5.41 Å². The Balaban J connectivity index is 1.87. The van der Waals surface area contributed by atoms with Crippen LogP contribution in [0, 0.1) is 5.41 Å². The van der Waals surface area contributed by atoms with E-state index in [1.54, 1.807) is 11.3 Å². The lowest BCUT2D eigenvalue weighted by atomic mass is 10.1. The van der Waals surface area contributed by atoms with Crippen LogP contribution in [-0.4, -0.2) is 29.5 Å². The van der Waals surface area contributed by atoms with E-state index in [4.69, 9.17) is 19.9 Å². The van der Waals surface area contributed by atoms with Crippen molar-refractivity contribution in [3.63, 3.8) is 0 Å². The quantitative estimate of drug-likeness (QED) is 0.394. The molecule has 27 heavy (non-hydrogen) atoms. The van der Waals surface area contributed by atoms with Crippen LogP contribution in [0.3, 0.4) is 0 Å². The highest BCUT2D eigenvalue weighted by atomic mass is 32.2. The average Bonchev–Trinajstić information content (AvgIpc) is 3.19. The van der Waals surface area contributed by atoms with Crippen molar-refractivity contribution in [2.75, 3.05) is 19.5 Å². The molecule has 1 aromatic heterocycles. The van der Waals surface area contributed by atoms with Gasteiger partial charge in [0.1, 0.15) is 5.01 Å². The number of thiazole rings is 1. The van der Waals surface area contributed by atoms with Gasteiger partial charge in [-0.05, 0) is 38.3 Å². The number of nitrogens with one attached hydrogen (secondary N) is 1. The van der Waals surface area contributed by atoms with Crippen molar-refractivity contribution < 1.29 is 9.47 Å². The summed E-state index contributed by atoms with van der Waals surface area (Å²) in [5, 5.41) is 11.5. The highest BCUT2D eigenvalue weighted by Crippen LogP contribution is 2.35. The van der Waals surface area contributed by atoms with Crippen molar-refractivity contribution in [2.45, 2.75) is 13.8 Å². The molecule has 4 nitrogen and oxygen atoms in total. The molecule has 0 unspecified atom stereocenters. The fourth-order valence-corrected chi connectivity index (χ4v) is 3.83. The number of aromatic nitrogens is 1. The molecule has 2 aromatic carbocycles. The fraction of sp³-hybridized carbons (Fsp3) is 0.238. The van der Waals surface area contributed by atoms with Crippen LogP contribution in [0.15, 0.2) is 47.8 Å². The van der Waals surface area contributed by atoms with Crippen LogP contribution in [0.1, 0.15) is 19.4 Å². The van der Waals surface area contributed by atoms with E-state index in [2.05, 4.69) is 5.38 Å². The first-order valence-electron chi connectivity index (χ1n) is 8.75. The lowest BCUT2D eigenvalue weighted by molar-refractivity contribution is 0.288. The summed E-state index contributed by atoms with van der Waals surface area (Å²) < 4.78 is 11.4. The van der Waals surface area contributed by atoms with Crippen molar-refractivity contribution in [3.8, 4) is 33.3 Å². The zero-order valence-electron chi connectivity index (χ0n) is 15.6. The molecule has 6 heteroatoms. The van der Waals surface area contributed by atoms with E-state index in [0.717, 1.165) is 38.9 Å². The molecular weight excluding hydrogens is 376 g/mol. The SMILES string of the molecule is CCOc1ccc(-c2nc(-c3ccc(C(=N)SC)cc3)cs2)cc1OCC. The minimum Gasteiger partial charge on any atom is -0.490 e. The lowest BCUT2D eigenvalue weighted by Gasteiger charge is -2.11. The molecule has 0 spiro atoms. The molecule has 1 heterocycles. The fourth-order valence-electron chi connectivity index (χ4n) is 2.63. The minimum absolute atomic E-state index is 0.568. The minimum atomic E-state index is 0.568. The molecule has 140 valence electrons. The molecule has 1 N–H and O–H groups in total. The van der Waals surface area contributed by atoms with Crippen LogP contribution in [-0.2, 0) is 0 Å². The lowest BCUT2D eigenvalue weighted by Crippen LogP contribution is -1.98. The number of hydrogen-bond donors (Lipinski definition) is 1. The molecule has 0 aliphatic rings. The number of nitrogens with zero attached hydrogens (tertiary/aromatic N) is 1. The van der Waals surface area contributed by atoms with E-state index in [9.17, 15) is 0 Å². The van der Waals surface area contributed by atoms with Crippen LogP contribution < -0.4 is 9.47 Å². The van der Waals surface area contributed by atoms with E-state index >= 15 is 0 Å². The smallest absolute Gasteiger partial charge is 0.161 e. The number of hydrogen-bond acceptors (Lipinski definition) is 6. The third-order valence-electron chi connectivity index (χ3n) is 3.94. The second-order valence-electron chi connectivity index (χ2n) is 5.68. The molecule has 3 aromatic rings. The van der Waals surface area contributed by atoms with Gasteiger partial charge in [-0.2, -0.15) is 0 Å². The van der Waals surface area contributed by atoms with Gasteiger partial charge in [0.25, 0.3) is 0 Å². The molecule has 0 saturated carbocycles. The summed E-state index contributed by atoms with van der Waals surface area (Å²) in [5.74, 6) is 1.50. The van der Waals surface area contributed by atoms with Crippen molar-refractivity contribution in [2.24, 2.45) is 0 Å². The largest absolute Gasteiger partial charge is 0.490 e. The average molecular weight is 399 g/mol. The van der Waals surface area contributed by atoms with Crippen molar-refractivity contribution >= 4 is 28.1 Å². The monoisotopic (exact) mass is 398 g/mol. The number of benzene rings is 2. The highest BCUT2D eigenvalue weighted by molar-refractivity contribution is 8.13. The first-order chi connectivity index (χ1) is 13.2. The molecule has 0 bridgehead atoms. The predicted molar refractivity (Wildman–Crippen MR) is 116 cm³/mol. The first kappa shape index (κ1) is 19.5. The Morgan fingerprint density at radius 1 is 1.00 bits per heavy atom. The Bertz CT molecular complexity index is 920. The van der Waals surface area contributed by atoms with Crippen molar-refractivity contribution in [1.82, 2.24) is 4.98 Å². The van der Waals surface area contributed by atoms with Gasteiger partial charge in [-0.25, -0.2) is 4.98 Å². The Labute approximate surface area is 168 Å². The molecule has 0 aliphatic heterocycles. The van der Waals surface area contributed by atoms with Gasteiger partial charge in [-0.1, -0.05) is 24.3 Å². The van der Waals surface area contributed by atoms with Gasteiger partial charge in [0.05, 0.1) is 24.0 Å². The van der Waals surface area contributed by atoms with Gasteiger partial charge >= 0.3 is 0 Å². The highest BCUT2D eigenvalue weighted by Gasteiger charge is 2.11. The molecule has 0 aliphatic carbocycles. The third-order valence-corrected chi connectivity index (χ3v) is 5.48. The van der Waals surface area contributed by atoms with E-state index in [0.29, 0.717) is 18.3 Å². The van der Waals surface area contributed by atoms with Gasteiger partial charge in [0.2, 0.25) is 0 Å².